The first-order valence-corrected chi connectivity index (χ1v) is 8.13. The molecule has 0 radical (unpaired) electrons. The van der Waals surface area contributed by atoms with Gasteiger partial charge in [0.1, 0.15) is 0 Å². The smallest absolute Gasteiger partial charge is 0.322 e. The zero-order valence-electron chi connectivity index (χ0n) is 12.2. The Morgan fingerprint density at radius 3 is 2.95 bits per heavy atom. The summed E-state index contributed by atoms with van der Waals surface area (Å²) in [6.45, 7) is 0.800. The predicted molar refractivity (Wildman–Crippen MR) is 83.9 cm³/mol. The largest absolute Gasteiger partial charge is 0.378 e. The Morgan fingerprint density at radius 2 is 2.14 bits per heavy atom. The van der Waals surface area contributed by atoms with E-state index in [-0.39, 0.29) is 0 Å². The van der Waals surface area contributed by atoms with Crippen LogP contribution >= 0.6 is 11.6 Å². The van der Waals surface area contributed by atoms with Gasteiger partial charge in [-0.05, 0) is 43.7 Å². The number of aromatic nitrogens is 2. The first-order chi connectivity index (χ1) is 10.8. The molecule has 2 fully saturated rings. The molecular formula is C16H18ClN3O2. The second-order valence-electron chi connectivity index (χ2n) is 6.05. The maximum absolute atomic E-state index is 5.99. The molecule has 1 aromatic carbocycles. The number of benzene rings is 1. The lowest BCUT2D eigenvalue weighted by Gasteiger charge is -2.29. The number of rotatable bonds is 4. The molecule has 1 saturated carbocycles. The van der Waals surface area contributed by atoms with E-state index in [2.05, 4.69) is 15.5 Å². The summed E-state index contributed by atoms with van der Waals surface area (Å²) < 4.78 is 11.2. The van der Waals surface area contributed by atoms with E-state index >= 15 is 0 Å². The standard InChI is InChI=1S/C16H18ClN3O2/c17-12-3-1-2-11(8-12)15-19-16(22-20-15)18-13-6-7-21-14(9-13)10-4-5-10/h1-3,8,10,13-14H,4-7,9H2,(H,18,19,20). The number of ether oxygens (including phenoxy) is 1. The molecule has 1 aliphatic heterocycles. The number of nitrogens with zero attached hydrogens (tertiary/aromatic N) is 2. The Morgan fingerprint density at radius 1 is 1.23 bits per heavy atom. The molecule has 1 aromatic heterocycles. The summed E-state index contributed by atoms with van der Waals surface area (Å²) in [5.41, 5.74) is 0.854. The van der Waals surface area contributed by atoms with Crippen LogP contribution in [0.1, 0.15) is 25.7 Å². The van der Waals surface area contributed by atoms with Gasteiger partial charge in [-0.25, -0.2) is 0 Å². The highest BCUT2D eigenvalue weighted by Gasteiger charge is 2.36. The van der Waals surface area contributed by atoms with Gasteiger partial charge in [-0.1, -0.05) is 28.9 Å². The summed E-state index contributed by atoms with van der Waals surface area (Å²) in [6.07, 6.45) is 4.98. The van der Waals surface area contributed by atoms with Gasteiger partial charge in [0.25, 0.3) is 0 Å². The predicted octanol–water partition coefficient (Wildman–Crippen LogP) is 3.76. The van der Waals surface area contributed by atoms with Crippen LogP contribution in [0.3, 0.4) is 0 Å². The molecule has 22 heavy (non-hydrogen) atoms. The van der Waals surface area contributed by atoms with Crippen molar-refractivity contribution in [1.82, 2.24) is 10.1 Å². The first-order valence-electron chi connectivity index (χ1n) is 7.76. The maximum Gasteiger partial charge on any atom is 0.322 e. The monoisotopic (exact) mass is 319 g/mol. The Balaban J connectivity index is 1.43. The average molecular weight is 320 g/mol. The van der Waals surface area contributed by atoms with Crippen molar-refractivity contribution < 1.29 is 9.26 Å². The van der Waals surface area contributed by atoms with Crippen LogP contribution in [0.5, 0.6) is 0 Å². The minimum Gasteiger partial charge on any atom is -0.378 e. The molecular weight excluding hydrogens is 302 g/mol. The van der Waals surface area contributed by atoms with Gasteiger partial charge in [0, 0.05) is 23.2 Å². The number of hydrogen-bond acceptors (Lipinski definition) is 5. The topological polar surface area (TPSA) is 60.2 Å². The summed E-state index contributed by atoms with van der Waals surface area (Å²) >= 11 is 5.99. The molecule has 2 heterocycles. The molecule has 1 aliphatic carbocycles. The molecule has 2 aromatic rings. The molecule has 116 valence electrons. The second-order valence-corrected chi connectivity index (χ2v) is 6.48. The zero-order chi connectivity index (χ0) is 14.9. The Bertz CT molecular complexity index is 656. The van der Waals surface area contributed by atoms with Crippen molar-refractivity contribution in [3.05, 3.63) is 29.3 Å². The zero-order valence-corrected chi connectivity index (χ0v) is 12.9. The van der Waals surface area contributed by atoms with E-state index in [1.165, 1.54) is 12.8 Å². The Kier molecular flexibility index (Phi) is 3.76. The molecule has 2 atom stereocenters. The molecule has 1 N–H and O–H groups in total. The van der Waals surface area contributed by atoms with E-state index in [0.29, 0.717) is 29.0 Å². The van der Waals surface area contributed by atoms with Crippen LogP contribution in [0.2, 0.25) is 5.02 Å². The fourth-order valence-corrected chi connectivity index (χ4v) is 3.15. The summed E-state index contributed by atoms with van der Waals surface area (Å²) in [7, 11) is 0. The fourth-order valence-electron chi connectivity index (χ4n) is 2.96. The van der Waals surface area contributed by atoms with Crippen LogP contribution in [0.4, 0.5) is 6.01 Å². The van der Waals surface area contributed by atoms with Gasteiger partial charge in [-0.3, -0.25) is 0 Å². The van der Waals surface area contributed by atoms with Gasteiger partial charge in [0.2, 0.25) is 5.82 Å². The maximum atomic E-state index is 5.99. The molecule has 2 unspecified atom stereocenters. The van der Waals surface area contributed by atoms with Crippen molar-refractivity contribution in [2.24, 2.45) is 5.92 Å². The molecule has 4 rings (SSSR count). The van der Waals surface area contributed by atoms with Gasteiger partial charge in [-0.2, -0.15) is 4.98 Å². The van der Waals surface area contributed by atoms with E-state index in [9.17, 15) is 0 Å². The van der Waals surface area contributed by atoms with Crippen molar-refractivity contribution in [1.29, 1.82) is 0 Å². The van der Waals surface area contributed by atoms with Gasteiger partial charge in [-0.15, -0.1) is 0 Å². The third-order valence-corrected chi connectivity index (χ3v) is 4.53. The van der Waals surface area contributed by atoms with Crippen molar-refractivity contribution in [3.8, 4) is 11.4 Å². The highest BCUT2D eigenvalue weighted by atomic mass is 35.5. The summed E-state index contributed by atoms with van der Waals surface area (Å²) in [4.78, 5) is 4.41. The molecule has 0 amide bonds. The van der Waals surface area contributed by atoms with Crippen molar-refractivity contribution in [3.63, 3.8) is 0 Å². The van der Waals surface area contributed by atoms with E-state index < -0.39 is 0 Å². The van der Waals surface area contributed by atoms with E-state index in [1.54, 1.807) is 0 Å². The van der Waals surface area contributed by atoms with Crippen LogP contribution in [-0.2, 0) is 4.74 Å². The summed E-state index contributed by atoms with van der Waals surface area (Å²) in [5, 5.41) is 8.03. The van der Waals surface area contributed by atoms with Crippen LogP contribution in [0, 0.1) is 5.92 Å². The lowest BCUT2D eigenvalue weighted by Crippen LogP contribution is -2.35. The molecule has 6 heteroatoms. The summed E-state index contributed by atoms with van der Waals surface area (Å²) in [5.74, 6) is 1.31. The van der Waals surface area contributed by atoms with Crippen LogP contribution in [0.25, 0.3) is 11.4 Å². The molecule has 0 bridgehead atoms. The highest BCUT2D eigenvalue weighted by Crippen LogP contribution is 2.38. The van der Waals surface area contributed by atoms with Gasteiger partial charge >= 0.3 is 6.01 Å². The minimum atomic E-state index is 0.340. The van der Waals surface area contributed by atoms with Gasteiger partial charge in [0.15, 0.2) is 0 Å². The third-order valence-electron chi connectivity index (χ3n) is 4.30. The molecule has 5 nitrogen and oxygen atoms in total. The Labute approximate surface area is 134 Å². The first kappa shape index (κ1) is 14.0. The lowest BCUT2D eigenvalue weighted by atomic mass is 10.0. The van der Waals surface area contributed by atoms with E-state index in [1.807, 2.05) is 24.3 Å². The number of halogens is 1. The van der Waals surface area contributed by atoms with E-state index in [4.69, 9.17) is 20.9 Å². The highest BCUT2D eigenvalue weighted by molar-refractivity contribution is 6.30. The van der Waals surface area contributed by atoms with Gasteiger partial charge < -0.3 is 14.6 Å². The summed E-state index contributed by atoms with van der Waals surface area (Å²) in [6, 6.07) is 8.25. The number of hydrogen-bond donors (Lipinski definition) is 1. The lowest BCUT2D eigenvalue weighted by molar-refractivity contribution is -0.00253. The minimum absolute atomic E-state index is 0.340. The third kappa shape index (κ3) is 3.10. The molecule has 1 saturated heterocycles. The van der Waals surface area contributed by atoms with Crippen LogP contribution in [0.15, 0.2) is 28.8 Å². The van der Waals surface area contributed by atoms with Crippen molar-refractivity contribution >= 4 is 17.6 Å². The molecule has 2 aliphatic rings. The van der Waals surface area contributed by atoms with Gasteiger partial charge in [0.05, 0.1) is 6.10 Å². The quantitative estimate of drug-likeness (QED) is 0.929. The van der Waals surface area contributed by atoms with Crippen LogP contribution < -0.4 is 5.32 Å². The average Bonchev–Trinajstić information content (AvgIpc) is 3.28. The van der Waals surface area contributed by atoms with Crippen molar-refractivity contribution in [2.75, 3.05) is 11.9 Å². The van der Waals surface area contributed by atoms with Crippen LogP contribution in [-0.4, -0.2) is 28.9 Å². The number of anilines is 1. The van der Waals surface area contributed by atoms with E-state index in [0.717, 1.165) is 30.9 Å². The van der Waals surface area contributed by atoms with Crippen molar-refractivity contribution in [2.45, 2.75) is 37.8 Å². The molecule has 0 spiro atoms. The number of nitrogens with one attached hydrogen (secondary N) is 1. The Hall–Kier alpha value is -1.59. The fraction of sp³-hybridized carbons (Fsp3) is 0.500. The second kappa shape index (κ2) is 5.89. The normalized spacial score (nSPS) is 25.1. The SMILES string of the molecule is Clc1cccc(-c2noc(NC3CCOC(C4CC4)C3)n2)c1.